The number of aromatic nitrogens is 5. The number of carbonyl (C=O) groups is 1. The Hall–Kier alpha value is -7.22. The van der Waals surface area contributed by atoms with Crippen molar-refractivity contribution in [3.05, 3.63) is 177 Å². The van der Waals surface area contributed by atoms with Gasteiger partial charge in [0.1, 0.15) is 45.2 Å². The highest BCUT2D eigenvalue weighted by Crippen LogP contribution is 2.43. The summed E-state index contributed by atoms with van der Waals surface area (Å²) in [5.74, 6) is 1.31. The number of thioether (sulfide) groups is 1. The molecule has 0 radical (unpaired) electrons. The van der Waals surface area contributed by atoms with Crippen LogP contribution in [-0.2, 0) is 4.79 Å². The Morgan fingerprint density at radius 2 is 1.09 bits per heavy atom. The summed E-state index contributed by atoms with van der Waals surface area (Å²) in [6.45, 7) is 31.3. The number of thiazole rings is 3. The molecule has 12 rings (SSSR count). The fraction of sp³-hybridized carbons (Fsp3) is 0.299. The zero-order chi connectivity index (χ0) is 72.2. The number of fused-ring (bicyclic) bond motifs is 3. The van der Waals surface area contributed by atoms with Crippen LogP contribution in [-0.4, -0.2) is 80.0 Å². The van der Waals surface area contributed by atoms with Gasteiger partial charge in [0.15, 0.2) is 25.9 Å². The predicted molar refractivity (Wildman–Crippen MR) is 406 cm³/mol. The maximum atomic E-state index is 11.3. The monoisotopic (exact) mass is 1550 g/mol. The standard InChI is InChI=1S/C15H16N2O3S2.C11H11ClN2S2.C11H10N2S.C10H8N2OS.C9H11NO3.C9H13NO.C2Cl2NS2.ClH/c1-6-5-8-10(7(2)9(6)18)21-12(16-8)13-17-11(14(19)20)15(3,4)22-13;1-6-4-9(5-7(2)8(6)3)13-11-10(12)14-16-15-11;1-6-4-9-11(8(3)7(6)2)14-10(5-12)13-9;1-5-3-7-10(6(2)9(5)13)14-8(4-11)12-7;1-6-4-8(10(11)12)5-7(2)9(6)13-3;1-6-4-8(10)5-7(2)9(6)11-3;3-1-2(4)6-7-5-1;/h5,11,18H,1-4H3,(H,19,20);4-5H,1-3H3;4H,1-3H3;3,13H,1-2H3;4-5H,1-3H3;4-5H,10H2,1-3H3;;1H/q;;;;;;+1;/p-1. The zero-order valence-electron chi connectivity index (χ0n) is 56.5. The average molecular weight is 1550 g/mol. The molecule has 1 atom stereocenters. The van der Waals surface area contributed by atoms with Crippen LogP contribution in [0, 0.1) is 130 Å². The van der Waals surface area contributed by atoms with Crippen LogP contribution in [0.4, 0.5) is 17.1 Å². The van der Waals surface area contributed by atoms with Gasteiger partial charge >= 0.3 is 20.6 Å². The molecule has 516 valence electrons. The van der Waals surface area contributed by atoms with Gasteiger partial charge in [-0.1, -0.05) is 35.0 Å². The molecule has 6 heterocycles. The van der Waals surface area contributed by atoms with Crippen LogP contribution >= 0.6 is 122 Å². The second-order valence-electron chi connectivity index (χ2n) is 22.5. The Balaban J connectivity index is 0.000000210. The van der Waals surface area contributed by atoms with Crippen molar-refractivity contribution in [3.63, 3.8) is 0 Å². The molecular weight excluding hydrogens is 1490 g/mol. The molecule has 0 aliphatic carbocycles. The zero-order valence-corrected chi connectivity index (χ0v) is 66.0. The number of halogens is 4. The van der Waals surface area contributed by atoms with Gasteiger partial charge < -0.3 is 42.9 Å². The van der Waals surface area contributed by atoms with Gasteiger partial charge in [0, 0.05) is 44.2 Å². The maximum Gasteiger partial charge on any atom is 0.354 e. The number of benzene rings is 6. The number of ether oxygens (including phenoxy) is 2. The van der Waals surface area contributed by atoms with Crippen LogP contribution in [0.15, 0.2) is 64.6 Å². The van der Waals surface area contributed by atoms with E-state index < -0.39 is 21.7 Å². The van der Waals surface area contributed by atoms with Gasteiger partial charge in [-0.05, 0) is 242 Å². The summed E-state index contributed by atoms with van der Waals surface area (Å²) >= 11 is 22.5. The maximum absolute atomic E-state index is 11.3. The van der Waals surface area contributed by atoms with E-state index in [-0.39, 0.29) is 23.8 Å². The number of carboxylic acid groups (broad SMARTS) is 1. The molecule has 19 nitrogen and oxygen atoms in total. The second-order valence-corrected chi connectivity index (χ2v) is 32.2. The van der Waals surface area contributed by atoms with Crippen LogP contribution < -0.4 is 32.3 Å². The van der Waals surface area contributed by atoms with Gasteiger partial charge in [0.25, 0.3) is 16.2 Å². The molecule has 0 saturated carbocycles. The highest BCUT2D eigenvalue weighted by atomic mass is 35.5. The Morgan fingerprint density at radius 3 is 1.49 bits per heavy atom. The van der Waals surface area contributed by atoms with Crippen LogP contribution in [0.2, 0.25) is 14.6 Å². The molecule has 0 spiro atoms. The molecule has 5 N–H and O–H groups in total. The van der Waals surface area contributed by atoms with Gasteiger partial charge in [-0.25, -0.2) is 24.7 Å². The molecule has 31 heteroatoms. The number of hydrogen-bond donors (Lipinski definition) is 4. The van der Waals surface area contributed by atoms with Crippen molar-refractivity contribution >= 4 is 181 Å². The third kappa shape index (κ3) is 20.3. The molecule has 0 saturated heterocycles. The molecule has 5 aromatic heterocycles. The smallest absolute Gasteiger partial charge is 0.354 e. The van der Waals surface area contributed by atoms with Gasteiger partial charge in [0.05, 0.1) is 55.5 Å². The molecule has 6 aromatic carbocycles. The van der Waals surface area contributed by atoms with Crippen LogP contribution in [0.25, 0.3) is 30.6 Å². The fourth-order valence-electron chi connectivity index (χ4n) is 9.71. The lowest BCUT2D eigenvalue weighted by Crippen LogP contribution is -3.00. The molecule has 98 heavy (non-hydrogen) atoms. The van der Waals surface area contributed by atoms with Gasteiger partial charge in [-0.2, -0.15) is 14.9 Å². The van der Waals surface area contributed by atoms with Crippen molar-refractivity contribution < 1.29 is 46.9 Å². The number of nitrogens with two attached hydrogens (primary N) is 1. The molecule has 1 unspecified atom stereocenters. The van der Waals surface area contributed by atoms with E-state index >= 15 is 0 Å². The lowest BCUT2D eigenvalue weighted by atomic mass is 10.0. The number of aromatic hydroxyl groups is 2. The summed E-state index contributed by atoms with van der Waals surface area (Å²) in [5, 5.41) is 60.2. The minimum atomic E-state index is -0.918. The van der Waals surface area contributed by atoms with Crippen LogP contribution in [0.1, 0.15) is 107 Å². The summed E-state index contributed by atoms with van der Waals surface area (Å²) < 4.78 is 21.8. The number of nitrogens with zero attached hydrogens (tertiary/aromatic N) is 10. The number of nitrogen functional groups attached to an aromatic ring is 1. The van der Waals surface area contributed by atoms with Gasteiger partial charge in [-0.15, -0.1) is 38.4 Å². The van der Waals surface area contributed by atoms with Gasteiger partial charge in [0.2, 0.25) is 5.15 Å². The summed E-state index contributed by atoms with van der Waals surface area (Å²) in [6, 6.07) is 20.0. The number of nitro groups is 1. The summed E-state index contributed by atoms with van der Waals surface area (Å²) in [5.41, 5.74) is 24.6. The van der Waals surface area contributed by atoms with Crippen LogP contribution in [0.5, 0.6) is 23.0 Å². The number of non-ortho nitro benzene ring substituents is 1. The van der Waals surface area contributed by atoms with E-state index in [9.17, 15) is 30.2 Å². The minimum Gasteiger partial charge on any atom is -1.00 e. The first-order valence-corrected chi connectivity index (χ1v) is 37.6. The van der Waals surface area contributed by atoms with E-state index in [0.717, 1.165) is 97.0 Å². The minimum absolute atomic E-state index is 0. The Bertz CT molecular complexity index is 4780. The number of methoxy groups -OCH3 is 2. The number of phenolic OH excluding ortho intramolecular Hbond substituents is 2. The summed E-state index contributed by atoms with van der Waals surface area (Å²) in [6.07, 6.45) is 0. The first-order chi connectivity index (χ1) is 45.5. The first-order valence-electron chi connectivity index (χ1n) is 29.0. The quantitative estimate of drug-likeness (QED) is 0.0395. The van der Waals surface area contributed by atoms with Crippen molar-refractivity contribution in [3.8, 4) is 35.1 Å². The van der Waals surface area contributed by atoms with E-state index in [0.29, 0.717) is 46.2 Å². The highest BCUT2D eigenvalue weighted by Gasteiger charge is 2.43. The SMILES string of the molecule is COc1c(C)cc(N)cc1C.COc1c(C)cc([N+](=O)[O-])cc1C.Cc1cc(N=c2ssnc2Cl)cc(C)c1C.Cc1cc2nc(C#N)sc2c(C)c1C.Cc1cc2nc(C#N)sc2c(C)c1O.Cc1cc2nc(C3=NC(C(=O)O)C(C)(C)S3)sc2c(C)c1O.Clc1ns[s+]c1Cl.[Cl-]. The molecule has 0 bridgehead atoms. The van der Waals surface area contributed by atoms with Crippen molar-refractivity contribution in [2.45, 2.75) is 122 Å². The van der Waals surface area contributed by atoms with E-state index in [1.165, 1.54) is 133 Å². The van der Waals surface area contributed by atoms with E-state index in [1.54, 1.807) is 34.1 Å². The van der Waals surface area contributed by atoms with Crippen molar-refractivity contribution in [1.29, 1.82) is 10.5 Å². The highest BCUT2D eigenvalue weighted by molar-refractivity contribution is 8.16. The normalized spacial score (nSPS) is 12.6. The second kappa shape index (κ2) is 35.7. The lowest BCUT2D eigenvalue weighted by molar-refractivity contribution is -0.385. The Kier molecular flexibility index (Phi) is 29.7. The van der Waals surface area contributed by atoms with Gasteiger partial charge in [-0.3, -0.25) is 15.1 Å². The topological polar surface area (TPSA) is 302 Å². The predicted octanol–water partition coefficient (Wildman–Crippen LogP) is 16.9. The molecule has 11 aromatic rings. The molecular formula is C67H69Cl4N11O8S8. The Morgan fingerprint density at radius 1 is 0.643 bits per heavy atom. The van der Waals surface area contributed by atoms with Crippen molar-refractivity contribution in [1.82, 2.24) is 23.7 Å². The van der Waals surface area contributed by atoms with Crippen molar-refractivity contribution in [2.75, 3.05) is 20.0 Å². The molecule has 1 aliphatic rings. The number of aliphatic carboxylic acids is 1. The van der Waals surface area contributed by atoms with Crippen LogP contribution in [0.3, 0.4) is 0 Å². The van der Waals surface area contributed by atoms with E-state index in [2.05, 4.69) is 99.5 Å². The number of carboxylic acids is 1. The number of phenols is 2. The molecule has 0 amide bonds. The average Bonchev–Trinajstić information content (AvgIpc) is 1.62. The fourth-order valence-corrected chi connectivity index (χ4v) is 17.7. The third-order valence-electron chi connectivity index (χ3n) is 15.0. The lowest BCUT2D eigenvalue weighted by Gasteiger charge is -2.19. The van der Waals surface area contributed by atoms with E-state index in [1.807, 2.05) is 79.7 Å². The number of nitriles is 2. The number of aryl methyl sites for hydroxylation is 12. The first kappa shape index (κ1) is 81.5. The number of hydrogen-bond acceptors (Lipinski definition) is 24. The summed E-state index contributed by atoms with van der Waals surface area (Å²) in [4.78, 5) is 43.2. The molecule has 1 aliphatic heterocycles. The largest absolute Gasteiger partial charge is 1.00 e. The third-order valence-corrected chi connectivity index (χ3v) is 24.8. The number of anilines is 1. The number of rotatable bonds is 6. The van der Waals surface area contributed by atoms with Crippen molar-refractivity contribution in [2.24, 2.45) is 9.98 Å². The summed E-state index contributed by atoms with van der Waals surface area (Å²) in [7, 11) is 8.75. The Labute approximate surface area is 620 Å². The molecule has 0 fully saturated rings. The van der Waals surface area contributed by atoms with E-state index in [4.69, 9.17) is 60.5 Å². The number of nitro benzene ring substituents is 1. The number of aliphatic imine (C=N–C) groups is 1.